The minimum Gasteiger partial charge on any atom is -0.465 e. The second-order valence-electron chi connectivity index (χ2n) is 6.66. The number of aryl methyl sites for hydroxylation is 2. The van der Waals surface area contributed by atoms with Crippen LogP contribution in [0, 0.1) is 13.8 Å². The van der Waals surface area contributed by atoms with Crippen LogP contribution in [0.5, 0.6) is 0 Å². The van der Waals surface area contributed by atoms with Crippen molar-refractivity contribution in [2.75, 3.05) is 37.7 Å². The zero-order valence-electron chi connectivity index (χ0n) is 14.6. The van der Waals surface area contributed by atoms with Gasteiger partial charge in [0.2, 0.25) is 10.0 Å². The van der Waals surface area contributed by atoms with Crippen LogP contribution in [0.2, 0.25) is 0 Å². The maximum Gasteiger partial charge on any atom is 0.258 e. The Morgan fingerprint density at radius 2 is 1.77 bits per heavy atom. The Bertz CT molecular complexity index is 930. The van der Waals surface area contributed by atoms with Gasteiger partial charge in [0.1, 0.15) is 11.5 Å². The molecule has 146 valence electrons. The molecular formula is C15H21BrN2O6S2. The lowest BCUT2D eigenvalue weighted by atomic mass is 10.2. The third kappa shape index (κ3) is 3.58. The highest BCUT2D eigenvalue weighted by molar-refractivity contribution is 9.10. The Balaban J connectivity index is 1.68. The molecule has 2 fully saturated rings. The SMILES string of the molecule is Cc1oc(C)c(C(=O)N2CCN(S(=O)(=O)C3CCS(=O)(=O)C3)CC2)c1Br. The Hall–Kier alpha value is -0.910. The van der Waals surface area contributed by atoms with Crippen LogP contribution in [0.15, 0.2) is 8.89 Å². The maximum atomic E-state index is 12.7. The van der Waals surface area contributed by atoms with Crippen LogP contribution in [0.1, 0.15) is 28.3 Å². The van der Waals surface area contributed by atoms with Gasteiger partial charge in [-0.05, 0) is 36.2 Å². The van der Waals surface area contributed by atoms with Gasteiger partial charge in [-0.25, -0.2) is 16.8 Å². The first-order chi connectivity index (χ1) is 12.0. The number of hydrogen-bond donors (Lipinski definition) is 0. The molecule has 26 heavy (non-hydrogen) atoms. The Kier molecular flexibility index (Phi) is 5.28. The summed E-state index contributed by atoms with van der Waals surface area (Å²) >= 11 is 3.36. The van der Waals surface area contributed by atoms with E-state index in [1.54, 1.807) is 18.7 Å². The molecule has 0 bridgehead atoms. The minimum absolute atomic E-state index is 0.0809. The summed E-state index contributed by atoms with van der Waals surface area (Å²) < 4.78 is 55.9. The van der Waals surface area contributed by atoms with E-state index in [4.69, 9.17) is 4.42 Å². The van der Waals surface area contributed by atoms with Crippen LogP contribution >= 0.6 is 15.9 Å². The van der Waals surface area contributed by atoms with E-state index in [-0.39, 0.29) is 50.0 Å². The summed E-state index contributed by atoms with van der Waals surface area (Å²) in [6.45, 7) is 4.32. The van der Waals surface area contributed by atoms with Gasteiger partial charge in [0.25, 0.3) is 5.91 Å². The van der Waals surface area contributed by atoms with Gasteiger partial charge >= 0.3 is 0 Å². The van der Waals surface area contributed by atoms with Gasteiger partial charge in [-0.3, -0.25) is 4.79 Å². The van der Waals surface area contributed by atoms with Crippen molar-refractivity contribution in [2.24, 2.45) is 0 Å². The summed E-state index contributed by atoms with van der Waals surface area (Å²) in [7, 11) is -6.94. The summed E-state index contributed by atoms with van der Waals surface area (Å²) in [5, 5.41) is -0.873. The van der Waals surface area contributed by atoms with Crippen LogP contribution < -0.4 is 0 Å². The molecular weight excluding hydrogens is 448 g/mol. The number of piperazine rings is 1. The van der Waals surface area contributed by atoms with Crippen molar-refractivity contribution in [1.29, 1.82) is 0 Å². The molecule has 3 rings (SSSR count). The molecule has 2 aliphatic heterocycles. The number of rotatable bonds is 3. The molecule has 11 heteroatoms. The molecule has 1 atom stereocenters. The van der Waals surface area contributed by atoms with Crippen LogP contribution in [-0.2, 0) is 19.9 Å². The van der Waals surface area contributed by atoms with Gasteiger partial charge in [0.05, 0.1) is 26.8 Å². The lowest BCUT2D eigenvalue weighted by molar-refractivity contribution is 0.0695. The second kappa shape index (κ2) is 6.92. The van der Waals surface area contributed by atoms with Gasteiger partial charge in [-0.2, -0.15) is 4.31 Å². The zero-order chi connectivity index (χ0) is 19.3. The number of amides is 1. The number of nitrogens with zero attached hydrogens (tertiary/aromatic N) is 2. The highest BCUT2D eigenvalue weighted by Crippen LogP contribution is 2.29. The average Bonchev–Trinajstić information content (AvgIpc) is 3.06. The molecule has 2 saturated heterocycles. The zero-order valence-corrected chi connectivity index (χ0v) is 17.8. The Labute approximate surface area is 161 Å². The number of halogens is 1. The highest BCUT2D eigenvalue weighted by atomic mass is 79.9. The summed E-state index contributed by atoms with van der Waals surface area (Å²) in [5.41, 5.74) is 0.459. The smallest absolute Gasteiger partial charge is 0.258 e. The number of hydrogen-bond acceptors (Lipinski definition) is 6. The fourth-order valence-corrected chi connectivity index (χ4v) is 8.45. The van der Waals surface area contributed by atoms with Gasteiger partial charge in [-0.15, -0.1) is 0 Å². The molecule has 0 spiro atoms. The van der Waals surface area contributed by atoms with Gasteiger partial charge in [0, 0.05) is 26.2 Å². The lowest BCUT2D eigenvalue weighted by Crippen LogP contribution is -2.52. The molecule has 0 aromatic carbocycles. The van der Waals surface area contributed by atoms with E-state index < -0.39 is 25.1 Å². The van der Waals surface area contributed by atoms with E-state index in [9.17, 15) is 21.6 Å². The Morgan fingerprint density at radius 1 is 1.15 bits per heavy atom. The summed E-state index contributed by atoms with van der Waals surface area (Å²) in [6.07, 6.45) is 0.143. The van der Waals surface area contributed by atoms with Gasteiger partial charge in [0.15, 0.2) is 9.84 Å². The molecule has 1 aromatic heterocycles. The fourth-order valence-electron chi connectivity index (χ4n) is 3.41. The van der Waals surface area contributed by atoms with E-state index in [0.29, 0.717) is 21.6 Å². The summed E-state index contributed by atoms with van der Waals surface area (Å²) in [6, 6.07) is 0. The van der Waals surface area contributed by atoms with Crippen molar-refractivity contribution in [2.45, 2.75) is 25.5 Å². The van der Waals surface area contributed by atoms with Crippen molar-refractivity contribution in [3.63, 3.8) is 0 Å². The quantitative estimate of drug-likeness (QED) is 0.653. The molecule has 1 aromatic rings. The summed E-state index contributed by atoms with van der Waals surface area (Å²) in [5.74, 6) is 0.545. The predicted molar refractivity (Wildman–Crippen MR) is 99.3 cm³/mol. The molecule has 8 nitrogen and oxygen atoms in total. The van der Waals surface area contributed by atoms with Crippen molar-refractivity contribution in [3.05, 3.63) is 21.6 Å². The Morgan fingerprint density at radius 3 is 2.23 bits per heavy atom. The van der Waals surface area contributed by atoms with Crippen molar-refractivity contribution in [3.8, 4) is 0 Å². The van der Waals surface area contributed by atoms with Crippen molar-refractivity contribution in [1.82, 2.24) is 9.21 Å². The molecule has 3 heterocycles. The molecule has 1 unspecified atom stereocenters. The first-order valence-electron chi connectivity index (χ1n) is 8.27. The van der Waals surface area contributed by atoms with Gasteiger partial charge < -0.3 is 9.32 Å². The number of sulfonamides is 1. The molecule has 0 N–H and O–H groups in total. The standard InChI is InChI=1S/C15H21BrN2O6S2/c1-10-13(14(16)11(2)24-10)15(19)17-4-6-18(7-5-17)26(22,23)12-3-8-25(20,21)9-12/h12H,3-9H2,1-2H3. The van der Waals surface area contributed by atoms with Crippen molar-refractivity contribution < 1.29 is 26.0 Å². The summed E-state index contributed by atoms with van der Waals surface area (Å²) in [4.78, 5) is 14.3. The largest absolute Gasteiger partial charge is 0.465 e. The van der Waals surface area contributed by atoms with Crippen LogP contribution in [-0.4, -0.2) is 74.9 Å². The lowest BCUT2D eigenvalue weighted by Gasteiger charge is -2.35. The van der Waals surface area contributed by atoms with E-state index in [0.717, 1.165) is 0 Å². The van der Waals surface area contributed by atoms with E-state index in [2.05, 4.69) is 15.9 Å². The highest BCUT2D eigenvalue weighted by Gasteiger charge is 2.41. The molecule has 0 aliphatic carbocycles. The first kappa shape index (κ1) is 19.8. The van der Waals surface area contributed by atoms with Crippen LogP contribution in [0.25, 0.3) is 0 Å². The van der Waals surface area contributed by atoms with E-state index in [1.807, 2.05) is 0 Å². The molecule has 2 aliphatic rings. The second-order valence-corrected chi connectivity index (χ2v) is 11.9. The predicted octanol–water partition coefficient (Wildman–Crippen LogP) is 0.934. The number of furan rings is 1. The average molecular weight is 469 g/mol. The third-order valence-electron chi connectivity index (χ3n) is 4.90. The maximum absolute atomic E-state index is 12.7. The van der Waals surface area contributed by atoms with Crippen LogP contribution in [0.4, 0.5) is 0 Å². The van der Waals surface area contributed by atoms with E-state index in [1.165, 1.54) is 4.31 Å². The molecule has 0 saturated carbocycles. The molecule has 0 radical (unpaired) electrons. The van der Waals surface area contributed by atoms with E-state index >= 15 is 0 Å². The number of carbonyl (C=O) groups excluding carboxylic acids is 1. The number of carbonyl (C=O) groups is 1. The van der Waals surface area contributed by atoms with Crippen LogP contribution in [0.3, 0.4) is 0 Å². The van der Waals surface area contributed by atoms with Gasteiger partial charge in [-0.1, -0.05) is 0 Å². The monoisotopic (exact) mass is 468 g/mol. The van der Waals surface area contributed by atoms with Crippen molar-refractivity contribution >= 4 is 41.7 Å². The third-order valence-corrected chi connectivity index (χ3v) is 10.2. The molecule has 1 amide bonds. The first-order valence-corrected chi connectivity index (χ1v) is 12.4. The minimum atomic E-state index is -3.67. The normalized spacial score (nSPS) is 24.1. The topological polar surface area (TPSA) is 105 Å². The number of sulfone groups is 1. The fraction of sp³-hybridized carbons (Fsp3) is 0.667.